The minimum atomic E-state index is -1.90. The standard InChI is InChI=1S/C13H19FOSi/c1-5-8-13(2)11-7-6-10(14)9-12(11)16(3,4)15-13/h6-7,9H,5,8H2,1-4H3. The van der Waals surface area contributed by atoms with Crippen molar-refractivity contribution in [3.8, 4) is 0 Å². The van der Waals surface area contributed by atoms with Gasteiger partial charge in [-0.3, -0.25) is 0 Å². The van der Waals surface area contributed by atoms with Gasteiger partial charge >= 0.3 is 0 Å². The first-order valence-corrected chi connectivity index (χ1v) is 8.80. The summed E-state index contributed by atoms with van der Waals surface area (Å²) in [4.78, 5) is 0. The van der Waals surface area contributed by atoms with Gasteiger partial charge in [-0.2, -0.15) is 0 Å². The highest BCUT2D eigenvalue weighted by molar-refractivity contribution is 6.85. The summed E-state index contributed by atoms with van der Waals surface area (Å²) in [5.41, 5.74) is 1.00. The molecule has 0 aromatic heterocycles. The molecule has 0 N–H and O–H groups in total. The van der Waals surface area contributed by atoms with Gasteiger partial charge in [0.05, 0.1) is 5.60 Å². The molecule has 1 nitrogen and oxygen atoms in total. The van der Waals surface area contributed by atoms with Crippen molar-refractivity contribution in [3.63, 3.8) is 0 Å². The van der Waals surface area contributed by atoms with E-state index >= 15 is 0 Å². The molecule has 0 bridgehead atoms. The van der Waals surface area contributed by atoms with E-state index in [1.165, 1.54) is 5.56 Å². The summed E-state index contributed by atoms with van der Waals surface area (Å²) in [7, 11) is -1.90. The highest BCUT2D eigenvalue weighted by Crippen LogP contribution is 2.39. The minimum absolute atomic E-state index is 0.149. The van der Waals surface area contributed by atoms with Crippen molar-refractivity contribution in [3.05, 3.63) is 29.6 Å². The summed E-state index contributed by atoms with van der Waals surface area (Å²) in [6.07, 6.45) is 2.08. The quantitative estimate of drug-likeness (QED) is 0.718. The molecule has 1 unspecified atom stereocenters. The Balaban J connectivity index is 2.55. The van der Waals surface area contributed by atoms with Crippen molar-refractivity contribution in [1.82, 2.24) is 0 Å². The fraction of sp³-hybridized carbons (Fsp3) is 0.538. The fourth-order valence-electron chi connectivity index (χ4n) is 2.81. The van der Waals surface area contributed by atoms with E-state index in [9.17, 15) is 4.39 Å². The second kappa shape index (κ2) is 3.67. The SMILES string of the molecule is CCCC1(C)O[Si](C)(C)c2cc(F)ccc21. The van der Waals surface area contributed by atoms with E-state index < -0.39 is 8.32 Å². The molecule has 2 rings (SSSR count). The van der Waals surface area contributed by atoms with E-state index in [2.05, 4.69) is 26.9 Å². The maximum atomic E-state index is 13.3. The molecule has 1 atom stereocenters. The molecule has 0 fully saturated rings. The lowest BCUT2D eigenvalue weighted by Gasteiger charge is -2.28. The zero-order valence-corrected chi connectivity index (χ0v) is 11.4. The molecule has 0 aliphatic carbocycles. The third-order valence-corrected chi connectivity index (χ3v) is 6.08. The monoisotopic (exact) mass is 238 g/mol. The first-order chi connectivity index (χ1) is 7.39. The zero-order chi connectivity index (χ0) is 12.0. The van der Waals surface area contributed by atoms with Gasteiger partial charge in [-0.05, 0) is 49.3 Å². The van der Waals surface area contributed by atoms with Crippen LogP contribution in [-0.4, -0.2) is 8.32 Å². The predicted octanol–water partition coefficient (Wildman–Crippen LogP) is 3.28. The molecular formula is C13H19FOSi. The van der Waals surface area contributed by atoms with E-state index in [1.807, 2.05) is 6.07 Å². The van der Waals surface area contributed by atoms with Crippen LogP contribution < -0.4 is 5.19 Å². The van der Waals surface area contributed by atoms with Crippen LogP contribution in [0.5, 0.6) is 0 Å². The molecule has 0 saturated carbocycles. The van der Waals surface area contributed by atoms with Crippen molar-refractivity contribution in [2.45, 2.75) is 45.4 Å². The summed E-state index contributed by atoms with van der Waals surface area (Å²) >= 11 is 0. The Labute approximate surface area is 97.8 Å². The van der Waals surface area contributed by atoms with Gasteiger partial charge in [-0.15, -0.1) is 0 Å². The molecule has 1 heterocycles. The first-order valence-electron chi connectivity index (χ1n) is 5.90. The number of benzene rings is 1. The van der Waals surface area contributed by atoms with Gasteiger partial charge in [0.15, 0.2) is 0 Å². The highest BCUT2D eigenvalue weighted by Gasteiger charge is 2.46. The minimum Gasteiger partial charge on any atom is -0.404 e. The van der Waals surface area contributed by atoms with E-state index in [0.29, 0.717) is 0 Å². The van der Waals surface area contributed by atoms with Gasteiger partial charge in [-0.1, -0.05) is 19.4 Å². The number of fused-ring (bicyclic) bond motifs is 1. The normalized spacial score (nSPS) is 26.8. The Morgan fingerprint density at radius 1 is 1.38 bits per heavy atom. The Hall–Kier alpha value is -0.673. The van der Waals surface area contributed by atoms with E-state index in [0.717, 1.165) is 18.0 Å². The molecule has 0 amide bonds. The van der Waals surface area contributed by atoms with Crippen LogP contribution >= 0.6 is 0 Å². The van der Waals surface area contributed by atoms with Crippen molar-refractivity contribution in [2.24, 2.45) is 0 Å². The summed E-state index contributed by atoms with van der Waals surface area (Å²) in [6.45, 7) is 8.58. The van der Waals surface area contributed by atoms with Crippen LogP contribution in [0.3, 0.4) is 0 Å². The molecule has 1 aromatic carbocycles. The second-order valence-corrected chi connectivity index (χ2v) is 9.05. The average molecular weight is 238 g/mol. The smallest absolute Gasteiger partial charge is 0.219 e. The van der Waals surface area contributed by atoms with Crippen LogP contribution in [0.4, 0.5) is 4.39 Å². The van der Waals surface area contributed by atoms with Gasteiger partial charge in [0.2, 0.25) is 8.32 Å². The summed E-state index contributed by atoms with van der Waals surface area (Å²) in [5.74, 6) is -0.149. The summed E-state index contributed by atoms with van der Waals surface area (Å²) < 4.78 is 19.6. The zero-order valence-electron chi connectivity index (χ0n) is 10.4. The Kier molecular flexibility index (Phi) is 2.71. The van der Waals surface area contributed by atoms with E-state index in [-0.39, 0.29) is 11.4 Å². The van der Waals surface area contributed by atoms with Crippen LogP contribution in [0.15, 0.2) is 18.2 Å². The molecule has 1 aromatic rings. The Morgan fingerprint density at radius 2 is 2.06 bits per heavy atom. The maximum Gasteiger partial charge on any atom is 0.219 e. The lowest BCUT2D eigenvalue weighted by atomic mass is 9.91. The first kappa shape index (κ1) is 11.8. The average Bonchev–Trinajstić information content (AvgIpc) is 2.34. The lowest BCUT2D eigenvalue weighted by Crippen LogP contribution is -2.41. The molecule has 1 aliphatic rings. The van der Waals surface area contributed by atoms with Gasteiger partial charge in [-0.25, -0.2) is 4.39 Å². The number of hydrogen-bond donors (Lipinski definition) is 0. The highest BCUT2D eigenvalue weighted by atomic mass is 28.4. The maximum absolute atomic E-state index is 13.3. The summed E-state index contributed by atoms with van der Waals surface area (Å²) in [6, 6.07) is 5.12. The molecule has 3 heteroatoms. The third kappa shape index (κ3) is 1.72. The molecule has 16 heavy (non-hydrogen) atoms. The fourth-order valence-corrected chi connectivity index (χ4v) is 5.74. The van der Waals surface area contributed by atoms with Crippen LogP contribution in [0.25, 0.3) is 0 Å². The number of rotatable bonds is 2. The number of hydrogen-bond acceptors (Lipinski definition) is 1. The van der Waals surface area contributed by atoms with Crippen LogP contribution in [-0.2, 0) is 10.0 Å². The lowest BCUT2D eigenvalue weighted by molar-refractivity contribution is 0.0827. The van der Waals surface area contributed by atoms with E-state index in [1.54, 1.807) is 12.1 Å². The molecular weight excluding hydrogens is 219 g/mol. The second-order valence-electron chi connectivity index (χ2n) is 5.28. The van der Waals surface area contributed by atoms with E-state index in [4.69, 9.17) is 4.43 Å². The number of halogens is 1. The van der Waals surface area contributed by atoms with Crippen molar-refractivity contribution in [1.29, 1.82) is 0 Å². The van der Waals surface area contributed by atoms with Crippen molar-refractivity contribution in [2.75, 3.05) is 0 Å². The topological polar surface area (TPSA) is 9.23 Å². The van der Waals surface area contributed by atoms with Crippen LogP contribution in [0.2, 0.25) is 13.1 Å². The molecule has 1 aliphatic heterocycles. The predicted molar refractivity (Wildman–Crippen MR) is 66.9 cm³/mol. The van der Waals surface area contributed by atoms with Crippen molar-refractivity contribution >= 4 is 13.5 Å². The summed E-state index contributed by atoms with van der Waals surface area (Å²) in [5, 5.41) is 1.13. The molecule has 0 saturated heterocycles. The van der Waals surface area contributed by atoms with Gasteiger partial charge in [0.25, 0.3) is 0 Å². The van der Waals surface area contributed by atoms with Crippen LogP contribution in [0, 0.1) is 5.82 Å². The van der Waals surface area contributed by atoms with Gasteiger partial charge in [0.1, 0.15) is 5.82 Å². The largest absolute Gasteiger partial charge is 0.404 e. The van der Waals surface area contributed by atoms with Crippen molar-refractivity contribution < 1.29 is 8.82 Å². The Bertz CT molecular complexity index is 416. The Morgan fingerprint density at radius 3 is 2.69 bits per heavy atom. The van der Waals surface area contributed by atoms with Gasteiger partial charge in [0, 0.05) is 0 Å². The van der Waals surface area contributed by atoms with Crippen LogP contribution in [0.1, 0.15) is 32.3 Å². The molecule has 0 radical (unpaired) electrons. The van der Waals surface area contributed by atoms with Gasteiger partial charge < -0.3 is 4.43 Å². The molecule has 88 valence electrons. The third-order valence-electron chi connectivity index (χ3n) is 3.41. The molecule has 0 spiro atoms.